The van der Waals surface area contributed by atoms with Crippen LogP contribution in [0.1, 0.15) is 6.92 Å². The van der Waals surface area contributed by atoms with Crippen molar-refractivity contribution in [3.63, 3.8) is 0 Å². The van der Waals surface area contributed by atoms with E-state index in [1.807, 2.05) is 43.3 Å². The fourth-order valence-electron chi connectivity index (χ4n) is 2.68. The zero-order chi connectivity index (χ0) is 15.4. The van der Waals surface area contributed by atoms with E-state index in [2.05, 4.69) is 30.3 Å². The Bertz CT molecular complexity index is 745. The number of rotatable bonds is 4. The van der Waals surface area contributed by atoms with Gasteiger partial charge in [-0.3, -0.25) is 0 Å². The van der Waals surface area contributed by atoms with Gasteiger partial charge in [0.25, 0.3) is 0 Å². The van der Waals surface area contributed by atoms with Gasteiger partial charge in [-0.1, -0.05) is 60.7 Å². The van der Waals surface area contributed by atoms with Crippen molar-refractivity contribution in [1.82, 2.24) is 0 Å². The second kappa shape index (κ2) is 6.22. The minimum atomic E-state index is -2.01. The second-order valence-electron chi connectivity index (χ2n) is 5.03. The van der Waals surface area contributed by atoms with E-state index in [4.69, 9.17) is 9.48 Å². The predicted octanol–water partition coefficient (Wildman–Crippen LogP) is 3.62. The Balaban J connectivity index is 2.21. The average Bonchev–Trinajstić information content (AvgIpc) is 2.97. The molecule has 2 aromatic rings. The number of ether oxygens (including phenoxy) is 1. The Morgan fingerprint density at radius 1 is 1.05 bits per heavy atom. The maximum Gasteiger partial charge on any atom is 0.227 e. The van der Waals surface area contributed by atoms with Crippen molar-refractivity contribution in [1.29, 1.82) is 5.26 Å². The monoisotopic (exact) mass is 308 g/mol. The highest BCUT2D eigenvalue weighted by Gasteiger charge is 2.33. The van der Waals surface area contributed by atoms with Crippen molar-refractivity contribution in [2.75, 3.05) is 12.8 Å². The third-order valence-electron chi connectivity index (χ3n) is 3.69. The van der Waals surface area contributed by atoms with Gasteiger partial charge in [-0.2, -0.15) is 5.26 Å². The zero-order valence-electron chi connectivity index (χ0n) is 12.4. The lowest BCUT2D eigenvalue weighted by Gasteiger charge is -2.21. The lowest BCUT2D eigenvalue weighted by atomic mass is 10.3. The van der Waals surface area contributed by atoms with Crippen LogP contribution in [0.2, 0.25) is 0 Å². The first-order valence-electron chi connectivity index (χ1n) is 7.29. The summed E-state index contributed by atoms with van der Waals surface area (Å²) in [6, 6.07) is 22.8. The van der Waals surface area contributed by atoms with Crippen LogP contribution in [-0.2, 0) is 4.74 Å². The Kier molecular flexibility index (Phi) is 4.13. The molecule has 1 aliphatic heterocycles. The van der Waals surface area contributed by atoms with Crippen LogP contribution < -0.4 is 10.6 Å². The summed E-state index contributed by atoms with van der Waals surface area (Å²) in [6.07, 6.45) is 0.646. The van der Waals surface area contributed by atoms with Gasteiger partial charge in [0.15, 0.2) is 0 Å². The van der Waals surface area contributed by atoms with Crippen molar-refractivity contribution in [3.05, 3.63) is 72.1 Å². The van der Waals surface area contributed by atoms with Crippen LogP contribution in [0.3, 0.4) is 0 Å². The summed E-state index contributed by atoms with van der Waals surface area (Å²) in [6.45, 7) is 2.44. The summed E-state index contributed by atoms with van der Waals surface area (Å²) >= 11 is 0. The highest BCUT2D eigenvalue weighted by Crippen LogP contribution is 2.54. The molecule has 0 radical (unpaired) electrons. The molecule has 0 atom stereocenters. The minimum absolute atomic E-state index is 0.519. The van der Waals surface area contributed by atoms with E-state index in [1.165, 1.54) is 10.6 Å². The first-order chi connectivity index (χ1) is 10.8. The zero-order valence-corrected chi connectivity index (χ0v) is 13.3. The summed E-state index contributed by atoms with van der Waals surface area (Å²) in [4.78, 5) is 0. The van der Waals surface area contributed by atoms with Crippen LogP contribution in [-0.4, -0.2) is 12.8 Å². The highest BCUT2D eigenvalue weighted by molar-refractivity contribution is 7.81. The van der Waals surface area contributed by atoms with Gasteiger partial charge in [-0.25, -0.2) is 4.74 Å². The number of nitrogens with zero attached hydrogens (tertiary/aromatic N) is 2. The third kappa shape index (κ3) is 2.47. The first kappa shape index (κ1) is 14.6. The predicted molar refractivity (Wildman–Crippen MR) is 90.6 cm³/mol. The third-order valence-corrected chi connectivity index (χ3v) is 7.29. The normalized spacial score (nSPS) is 16.0. The van der Waals surface area contributed by atoms with Crippen molar-refractivity contribution < 1.29 is 4.74 Å². The van der Waals surface area contributed by atoms with Crippen LogP contribution in [0.15, 0.2) is 76.9 Å². The smallest absolute Gasteiger partial charge is 0.227 e. The molecule has 0 bridgehead atoms. The van der Waals surface area contributed by atoms with Gasteiger partial charge in [0, 0.05) is 13.2 Å². The van der Waals surface area contributed by atoms with Crippen LogP contribution in [0.25, 0.3) is 0 Å². The van der Waals surface area contributed by atoms with Crippen molar-refractivity contribution in [2.45, 2.75) is 6.92 Å². The van der Waals surface area contributed by atoms with E-state index < -0.39 is 7.05 Å². The van der Waals surface area contributed by atoms with Gasteiger partial charge in [0.1, 0.15) is 6.07 Å². The van der Waals surface area contributed by atoms with E-state index in [1.54, 1.807) is 0 Å². The molecule has 0 aliphatic carbocycles. The molecular weight excluding hydrogens is 291 g/mol. The van der Waals surface area contributed by atoms with Gasteiger partial charge in [-0.05, 0) is 17.5 Å². The molecular formula is C18H17N2OP. The lowest BCUT2D eigenvalue weighted by Crippen LogP contribution is -2.17. The molecule has 22 heavy (non-hydrogen) atoms. The summed E-state index contributed by atoms with van der Waals surface area (Å²) in [7, 11) is -2.01. The van der Waals surface area contributed by atoms with Crippen LogP contribution in [0.4, 0.5) is 0 Å². The number of hydrogen-bond acceptors (Lipinski definition) is 3. The number of hydrogen-bond donors (Lipinski definition) is 0. The molecule has 0 saturated carbocycles. The summed E-state index contributed by atoms with van der Waals surface area (Å²) in [5, 5.41) is 11.8. The number of benzene rings is 2. The van der Waals surface area contributed by atoms with Crippen molar-refractivity contribution >= 4 is 17.7 Å². The number of nitriles is 1. The lowest BCUT2D eigenvalue weighted by molar-refractivity contribution is 0.227. The summed E-state index contributed by atoms with van der Waals surface area (Å²) < 4.78 is 10.6. The molecule has 110 valence electrons. The van der Waals surface area contributed by atoms with Gasteiger partial charge < -0.3 is 4.74 Å². The Labute approximate surface area is 130 Å². The largest absolute Gasteiger partial charge is 0.477 e. The van der Waals surface area contributed by atoms with E-state index in [0.717, 1.165) is 0 Å². The SMILES string of the molecule is CCOC1=C(C#N)CP(c2ccccc2)(c2ccccc2)=N1. The Morgan fingerprint density at radius 3 is 2.05 bits per heavy atom. The molecule has 0 amide bonds. The van der Waals surface area contributed by atoms with E-state index in [-0.39, 0.29) is 0 Å². The molecule has 0 N–H and O–H groups in total. The van der Waals surface area contributed by atoms with Gasteiger partial charge in [0.05, 0.1) is 12.2 Å². The summed E-state index contributed by atoms with van der Waals surface area (Å²) in [5.41, 5.74) is 0.655. The molecule has 1 aliphatic rings. The standard InChI is InChI=1S/C18H17N2OP/c1-2-21-18-15(13-19)14-22(20-18,16-9-5-3-6-10-16)17-11-7-4-8-12-17/h3-12H,2,14H2,1H3. The Morgan fingerprint density at radius 2 is 1.59 bits per heavy atom. The molecule has 1 heterocycles. The molecule has 0 fully saturated rings. The maximum absolute atomic E-state index is 9.46. The fraction of sp³-hybridized carbons (Fsp3) is 0.167. The molecule has 0 spiro atoms. The molecule has 4 heteroatoms. The average molecular weight is 308 g/mol. The fourth-order valence-corrected chi connectivity index (χ4v) is 6.13. The minimum Gasteiger partial charge on any atom is -0.477 e. The van der Waals surface area contributed by atoms with Crippen molar-refractivity contribution in [3.8, 4) is 6.07 Å². The van der Waals surface area contributed by atoms with E-state index in [0.29, 0.717) is 24.2 Å². The van der Waals surface area contributed by atoms with E-state index in [9.17, 15) is 5.26 Å². The first-order valence-corrected chi connectivity index (χ1v) is 9.21. The van der Waals surface area contributed by atoms with Gasteiger partial charge in [-0.15, -0.1) is 0 Å². The highest BCUT2D eigenvalue weighted by atomic mass is 31.2. The molecule has 3 rings (SSSR count). The van der Waals surface area contributed by atoms with Crippen molar-refractivity contribution in [2.24, 2.45) is 4.74 Å². The molecule has 3 nitrogen and oxygen atoms in total. The van der Waals surface area contributed by atoms with Crippen LogP contribution in [0, 0.1) is 11.3 Å². The van der Waals surface area contributed by atoms with Gasteiger partial charge in [0.2, 0.25) is 5.88 Å². The second-order valence-corrected chi connectivity index (χ2v) is 8.12. The quantitative estimate of drug-likeness (QED) is 0.810. The molecule has 0 aromatic heterocycles. The van der Waals surface area contributed by atoms with Crippen LogP contribution >= 0.6 is 7.05 Å². The molecule has 2 aromatic carbocycles. The topological polar surface area (TPSA) is 45.4 Å². The molecule has 0 unspecified atom stereocenters. The van der Waals surface area contributed by atoms with Crippen LogP contribution in [0.5, 0.6) is 0 Å². The Hall–Kier alpha value is -2.30. The van der Waals surface area contributed by atoms with E-state index >= 15 is 0 Å². The number of allylic oxidation sites excluding steroid dienone is 1. The van der Waals surface area contributed by atoms with Gasteiger partial charge >= 0.3 is 0 Å². The summed E-state index contributed by atoms with van der Waals surface area (Å²) in [5.74, 6) is 0.519. The maximum atomic E-state index is 9.46. The molecule has 0 saturated heterocycles.